The standard InChI is InChI=1S/C19H30N4O2S/c1-15-12-19(21-14-20-15)23(17-2-3-17)18-4-8-22(9-5-18)13-16-6-10-26(24,25)11-7-16/h12,14,16-18H,2-11,13H2,1H3. The lowest BCUT2D eigenvalue weighted by atomic mass is 9.98. The molecule has 1 aromatic rings. The highest BCUT2D eigenvalue weighted by Crippen LogP contribution is 2.35. The van der Waals surface area contributed by atoms with Crippen LogP contribution in [0.4, 0.5) is 5.82 Å². The van der Waals surface area contributed by atoms with E-state index >= 15 is 0 Å². The van der Waals surface area contributed by atoms with Crippen LogP contribution >= 0.6 is 0 Å². The number of aryl methyl sites for hydroxylation is 1. The highest BCUT2D eigenvalue weighted by Gasteiger charge is 2.37. The summed E-state index contributed by atoms with van der Waals surface area (Å²) in [7, 11) is -2.75. The fourth-order valence-corrected chi connectivity index (χ4v) is 6.06. The Labute approximate surface area is 156 Å². The maximum Gasteiger partial charge on any atom is 0.150 e. The topological polar surface area (TPSA) is 66.4 Å². The maximum absolute atomic E-state index is 11.6. The van der Waals surface area contributed by atoms with Gasteiger partial charge in [0, 0.05) is 43.5 Å². The van der Waals surface area contributed by atoms with Gasteiger partial charge in [-0.05, 0) is 51.4 Å². The van der Waals surface area contributed by atoms with E-state index in [1.807, 2.05) is 6.92 Å². The minimum Gasteiger partial charge on any atom is -0.350 e. The molecule has 0 bridgehead atoms. The summed E-state index contributed by atoms with van der Waals surface area (Å²) in [6.45, 7) is 5.32. The molecular weight excluding hydrogens is 348 g/mol. The van der Waals surface area contributed by atoms with Gasteiger partial charge in [0.05, 0.1) is 11.5 Å². The molecule has 0 spiro atoms. The zero-order chi connectivity index (χ0) is 18.1. The number of sulfone groups is 1. The van der Waals surface area contributed by atoms with Crippen molar-refractivity contribution < 1.29 is 8.42 Å². The van der Waals surface area contributed by atoms with Crippen LogP contribution in [0.1, 0.15) is 44.2 Å². The maximum atomic E-state index is 11.6. The van der Waals surface area contributed by atoms with Gasteiger partial charge in [-0.3, -0.25) is 0 Å². The number of likely N-dealkylation sites (tertiary alicyclic amines) is 1. The summed E-state index contributed by atoms with van der Waals surface area (Å²) >= 11 is 0. The van der Waals surface area contributed by atoms with Crippen LogP contribution in [0.2, 0.25) is 0 Å². The predicted molar refractivity (Wildman–Crippen MR) is 103 cm³/mol. The van der Waals surface area contributed by atoms with Crippen LogP contribution in [0, 0.1) is 12.8 Å². The van der Waals surface area contributed by atoms with Crippen LogP contribution in [-0.2, 0) is 9.84 Å². The Balaban J connectivity index is 1.32. The number of hydrogen-bond acceptors (Lipinski definition) is 6. The fourth-order valence-electron chi connectivity index (χ4n) is 4.47. The van der Waals surface area contributed by atoms with Crippen LogP contribution in [0.25, 0.3) is 0 Å². The lowest BCUT2D eigenvalue weighted by Gasteiger charge is -2.40. The number of anilines is 1. The van der Waals surface area contributed by atoms with E-state index < -0.39 is 9.84 Å². The van der Waals surface area contributed by atoms with Gasteiger partial charge in [0.25, 0.3) is 0 Å². The molecule has 144 valence electrons. The zero-order valence-electron chi connectivity index (χ0n) is 15.7. The second kappa shape index (κ2) is 7.43. The number of rotatable bonds is 5. The summed E-state index contributed by atoms with van der Waals surface area (Å²) in [5, 5.41) is 0. The normalized spacial score (nSPS) is 25.3. The van der Waals surface area contributed by atoms with Crippen molar-refractivity contribution in [3.05, 3.63) is 18.1 Å². The van der Waals surface area contributed by atoms with Gasteiger partial charge < -0.3 is 9.80 Å². The lowest BCUT2D eigenvalue weighted by molar-refractivity contribution is 0.174. The molecule has 0 atom stereocenters. The molecule has 2 aliphatic heterocycles. The minimum absolute atomic E-state index is 0.386. The van der Waals surface area contributed by atoms with Crippen LogP contribution in [0.5, 0.6) is 0 Å². The highest BCUT2D eigenvalue weighted by atomic mass is 32.2. The monoisotopic (exact) mass is 378 g/mol. The van der Waals surface area contributed by atoms with Crippen molar-refractivity contribution in [3.63, 3.8) is 0 Å². The van der Waals surface area contributed by atoms with E-state index in [4.69, 9.17) is 0 Å². The van der Waals surface area contributed by atoms with E-state index in [2.05, 4.69) is 25.8 Å². The Morgan fingerprint density at radius 1 is 1.04 bits per heavy atom. The van der Waals surface area contributed by atoms with Gasteiger partial charge >= 0.3 is 0 Å². The molecule has 0 amide bonds. The number of aromatic nitrogens is 2. The van der Waals surface area contributed by atoms with E-state index in [0.29, 0.717) is 29.5 Å². The van der Waals surface area contributed by atoms with Gasteiger partial charge in [0.15, 0.2) is 0 Å². The predicted octanol–water partition coefficient (Wildman–Crippen LogP) is 2.04. The third-order valence-corrected chi connectivity index (χ3v) is 7.85. The van der Waals surface area contributed by atoms with E-state index in [1.54, 1.807) is 6.33 Å². The summed E-state index contributed by atoms with van der Waals surface area (Å²) < 4.78 is 23.2. The van der Waals surface area contributed by atoms with Crippen molar-refractivity contribution in [2.24, 2.45) is 5.92 Å². The Morgan fingerprint density at radius 3 is 2.31 bits per heavy atom. The van der Waals surface area contributed by atoms with Crippen LogP contribution in [0.3, 0.4) is 0 Å². The van der Waals surface area contributed by atoms with Crippen molar-refractivity contribution in [2.75, 3.05) is 36.0 Å². The lowest BCUT2D eigenvalue weighted by Crippen LogP contribution is -2.47. The SMILES string of the molecule is Cc1cc(N(C2CC2)C2CCN(CC3CCS(=O)(=O)CC3)CC2)ncn1. The van der Waals surface area contributed by atoms with E-state index in [9.17, 15) is 8.42 Å². The van der Waals surface area contributed by atoms with Crippen molar-refractivity contribution in [1.29, 1.82) is 0 Å². The van der Waals surface area contributed by atoms with Gasteiger partial charge in [-0.25, -0.2) is 18.4 Å². The van der Waals surface area contributed by atoms with Gasteiger partial charge in [0.2, 0.25) is 0 Å². The summed E-state index contributed by atoms with van der Waals surface area (Å²) in [6, 6.07) is 3.34. The zero-order valence-corrected chi connectivity index (χ0v) is 16.5. The van der Waals surface area contributed by atoms with Crippen molar-refractivity contribution in [3.8, 4) is 0 Å². The van der Waals surface area contributed by atoms with Crippen LogP contribution in [0.15, 0.2) is 12.4 Å². The summed E-state index contributed by atoms with van der Waals surface area (Å²) in [5.74, 6) is 2.42. The van der Waals surface area contributed by atoms with Gasteiger partial charge in [-0.15, -0.1) is 0 Å². The Kier molecular flexibility index (Phi) is 5.19. The molecule has 26 heavy (non-hydrogen) atoms. The average molecular weight is 379 g/mol. The largest absolute Gasteiger partial charge is 0.350 e. The Bertz CT molecular complexity index is 713. The van der Waals surface area contributed by atoms with Crippen molar-refractivity contribution in [1.82, 2.24) is 14.9 Å². The number of piperidine rings is 1. The highest BCUT2D eigenvalue weighted by molar-refractivity contribution is 7.91. The molecular formula is C19H30N4O2S. The molecule has 3 fully saturated rings. The number of nitrogens with zero attached hydrogens (tertiary/aromatic N) is 4. The van der Waals surface area contributed by atoms with Crippen molar-refractivity contribution in [2.45, 2.75) is 57.5 Å². The summed E-state index contributed by atoms with van der Waals surface area (Å²) in [5.41, 5.74) is 1.03. The molecule has 1 saturated carbocycles. The first-order valence-electron chi connectivity index (χ1n) is 10.00. The molecule has 4 rings (SSSR count). The second-order valence-electron chi connectivity index (χ2n) is 8.28. The minimum atomic E-state index is -2.75. The molecule has 0 unspecified atom stereocenters. The van der Waals surface area contributed by atoms with E-state index in [0.717, 1.165) is 44.0 Å². The van der Waals surface area contributed by atoms with Crippen LogP contribution < -0.4 is 4.90 Å². The third kappa shape index (κ3) is 4.36. The van der Waals surface area contributed by atoms with Crippen LogP contribution in [-0.4, -0.2) is 66.5 Å². The first kappa shape index (κ1) is 18.2. The first-order chi connectivity index (χ1) is 12.5. The van der Waals surface area contributed by atoms with Crippen molar-refractivity contribution >= 4 is 15.7 Å². The third-order valence-electron chi connectivity index (χ3n) is 6.14. The molecule has 3 heterocycles. The molecule has 3 aliphatic rings. The first-order valence-corrected chi connectivity index (χ1v) is 11.8. The Hall–Kier alpha value is -1.21. The molecule has 0 radical (unpaired) electrons. The van der Waals surface area contributed by atoms with Gasteiger partial charge in [-0.2, -0.15) is 0 Å². The van der Waals surface area contributed by atoms with Gasteiger partial charge in [0.1, 0.15) is 22.0 Å². The quantitative estimate of drug-likeness (QED) is 0.781. The van der Waals surface area contributed by atoms with E-state index in [1.165, 1.54) is 25.7 Å². The Morgan fingerprint density at radius 2 is 1.69 bits per heavy atom. The van der Waals surface area contributed by atoms with Gasteiger partial charge in [-0.1, -0.05) is 0 Å². The molecule has 2 saturated heterocycles. The number of hydrogen-bond donors (Lipinski definition) is 0. The molecule has 0 aromatic carbocycles. The second-order valence-corrected chi connectivity index (χ2v) is 10.6. The summed E-state index contributed by atoms with van der Waals surface area (Å²) in [6.07, 6.45) is 8.27. The summed E-state index contributed by atoms with van der Waals surface area (Å²) in [4.78, 5) is 13.9. The molecule has 6 nitrogen and oxygen atoms in total. The molecule has 7 heteroatoms. The molecule has 1 aromatic heterocycles. The smallest absolute Gasteiger partial charge is 0.150 e. The fraction of sp³-hybridized carbons (Fsp3) is 0.789. The molecule has 0 N–H and O–H groups in total. The van der Waals surface area contributed by atoms with E-state index in [-0.39, 0.29) is 0 Å². The molecule has 1 aliphatic carbocycles. The average Bonchev–Trinajstić information content (AvgIpc) is 3.44.